The van der Waals surface area contributed by atoms with Gasteiger partial charge in [-0.15, -0.1) is 0 Å². The lowest BCUT2D eigenvalue weighted by Gasteiger charge is -2.45. The van der Waals surface area contributed by atoms with Crippen molar-refractivity contribution in [1.29, 1.82) is 0 Å². The summed E-state index contributed by atoms with van der Waals surface area (Å²) in [4.78, 5) is 40.7. The first-order valence-electron chi connectivity index (χ1n) is 10.4. The van der Waals surface area contributed by atoms with Crippen molar-refractivity contribution in [2.75, 3.05) is 12.0 Å². The predicted molar refractivity (Wildman–Crippen MR) is 114 cm³/mol. The highest BCUT2D eigenvalue weighted by atomic mass is 16.5. The zero-order valence-electron chi connectivity index (χ0n) is 16.8. The van der Waals surface area contributed by atoms with Crippen molar-refractivity contribution in [2.45, 2.75) is 11.8 Å². The van der Waals surface area contributed by atoms with E-state index in [1.807, 2.05) is 24.3 Å². The molecule has 0 N–H and O–H groups in total. The number of imide groups is 1. The summed E-state index contributed by atoms with van der Waals surface area (Å²) in [6.45, 7) is 0. The molecule has 0 saturated carbocycles. The van der Waals surface area contributed by atoms with Crippen LogP contribution in [0.1, 0.15) is 44.4 Å². The molecule has 31 heavy (non-hydrogen) atoms. The van der Waals surface area contributed by atoms with Crippen LogP contribution in [0.5, 0.6) is 0 Å². The average molecular weight is 409 g/mol. The number of amides is 2. The van der Waals surface area contributed by atoms with Crippen LogP contribution in [0.2, 0.25) is 0 Å². The highest BCUT2D eigenvalue weighted by Gasteiger charge is 2.61. The Morgan fingerprint density at radius 3 is 1.68 bits per heavy atom. The summed E-state index contributed by atoms with van der Waals surface area (Å²) < 4.78 is 4.80. The number of carbonyl (C=O) groups excluding carboxylic acids is 3. The summed E-state index contributed by atoms with van der Waals surface area (Å²) in [6.07, 6.45) is 0. The van der Waals surface area contributed by atoms with E-state index in [-0.39, 0.29) is 23.7 Å². The third-order valence-corrected chi connectivity index (χ3v) is 6.97. The van der Waals surface area contributed by atoms with Gasteiger partial charge in [0.05, 0.1) is 30.2 Å². The van der Waals surface area contributed by atoms with Gasteiger partial charge in [0, 0.05) is 11.8 Å². The van der Waals surface area contributed by atoms with Crippen LogP contribution in [0.4, 0.5) is 5.69 Å². The minimum absolute atomic E-state index is 0.146. The molecule has 2 bridgehead atoms. The van der Waals surface area contributed by atoms with Gasteiger partial charge in [0.15, 0.2) is 0 Å². The Kier molecular flexibility index (Phi) is 3.72. The lowest BCUT2D eigenvalue weighted by molar-refractivity contribution is -0.122. The zero-order valence-corrected chi connectivity index (χ0v) is 16.8. The van der Waals surface area contributed by atoms with Gasteiger partial charge in [0.1, 0.15) is 0 Å². The van der Waals surface area contributed by atoms with Crippen LogP contribution in [-0.2, 0) is 14.3 Å². The van der Waals surface area contributed by atoms with E-state index in [2.05, 4.69) is 24.3 Å². The number of esters is 1. The van der Waals surface area contributed by atoms with E-state index >= 15 is 0 Å². The number of anilines is 1. The highest BCUT2D eigenvalue weighted by Crippen LogP contribution is 2.61. The van der Waals surface area contributed by atoms with Crippen LogP contribution in [0, 0.1) is 11.8 Å². The van der Waals surface area contributed by atoms with E-state index in [1.54, 1.807) is 24.3 Å². The van der Waals surface area contributed by atoms with Gasteiger partial charge in [-0.1, -0.05) is 54.6 Å². The lowest BCUT2D eigenvalue weighted by atomic mass is 9.55. The Hall–Kier alpha value is -3.73. The third kappa shape index (κ3) is 2.29. The predicted octanol–water partition coefficient (Wildman–Crippen LogP) is 3.87. The molecule has 5 nitrogen and oxygen atoms in total. The molecule has 1 heterocycles. The number of benzene rings is 3. The second kappa shape index (κ2) is 6.38. The van der Waals surface area contributed by atoms with Gasteiger partial charge < -0.3 is 4.74 Å². The molecule has 1 fully saturated rings. The monoisotopic (exact) mass is 409 g/mol. The Morgan fingerprint density at radius 2 is 1.23 bits per heavy atom. The Bertz CT molecular complexity index is 1160. The molecule has 4 aliphatic rings. The van der Waals surface area contributed by atoms with Crippen molar-refractivity contribution < 1.29 is 19.1 Å². The van der Waals surface area contributed by atoms with Crippen LogP contribution in [0.3, 0.4) is 0 Å². The van der Waals surface area contributed by atoms with Gasteiger partial charge in [-0.05, 0) is 40.5 Å². The number of carbonyl (C=O) groups is 3. The number of ether oxygens (including phenoxy) is 1. The Balaban J connectivity index is 1.51. The maximum Gasteiger partial charge on any atom is 0.337 e. The quantitative estimate of drug-likeness (QED) is 0.476. The topological polar surface area (TPSA) is 63.7 Å². The summed E-state index contributed by atoms with van der Waals surface area (Å²) in [5, 5.41) is 0. The molecule has 3 aromatic rings. The first kappa shape index (κ1) is 18.1. The van der Waals surface area contributed by atoms with E-state index in [9.17, 15) is 14.4 Å². The maximum atomic E-state index is 13.7. The number of hydrogen-bond acceptors (Lipinski definition) is 4. The molecule has 2 amide bonds. The van der Waals surface area contributed by atoms with Crippen molar-refractivity contribution in [3.8, 4) is 0 Å². The normalized spacial score (nSPS) is 25.1. The zero-order chi connectivity index (χ0) is 21.3. The molecule has 3 aliphatic carbocycles. The maximum absolute atomic E-state index is 13.7. The summed E-state index contributed by atoms with van der Waals surface area (Å²) >= 11 is 0. The molecular weight excluding hydrogens is 390 g/mol. The molecule has 5 heteroatoms. The standard InChI is InChI=1S/C26H19NO4/c1-31-26(30)14-7-6-8-15(13-14)27-24(28)22-20-16-9-2-3-10-17(16)21(23(22)25(27)29)19-12-5-4-11-18(19)20/h2-13,20-23H,1H3/t20?,21?,22-,23+. The van der Waals surface area contributed by atoms with Crippen molar-refractivity contribution in [1.82, 2.24) is 0 Å². The Labute approximate surface area is 179 Å². The number of rotatable bonds is 2. The lowest BCUT2D eigenvalue weighted by Crippen LogP contribution is -2.41. The molecule has 2 atom stereocenters. The molecule has 0 aromatic heterocycles. The van der Waals surface area contributed by atoms with Crippen molar-refractivity contribution >= 4 is 23.5 Å². The number of nitrogens with zero attached hydrogens (tertiary/aromatic N) is 1. The molecule has 1 aliphatic heterocycles. The fraction of sp³-hybridized carbons (Fsp3) is 0.192. The Morgan fingerprint density at radius 1 is 0.742 bits per heavy atom. The van der Waals surface area contributed by atoms with Gasteiger partial charge >= 0.3 is 5.97 Å². The molecule has 1 saturated heterocycles. The van der Waals surface area contributed by atoms with Gasteiger partial charge in [0.2, 0.25) is 11.8 Å². The van der Waals surface area contributed by atoms with Crippen LogP contribution in [-0.4, -0.2) is 24.9 Å². The minimum atomic E-state index is -0.502. The minimum Gasteiger partial charge on any atom is -0.465 e. The van der Waals surface area contributed by atoms with Gasteiger partial charge in [0.25, 0.3) is 0 Å². The summed E-state index contributed by atoms with van der Waals surface area (Å²) in [6, 6.07) is 22.8. The van der Waals surface area contributed by atoms with Crippen LogP contribution in [0.25, 0.3) is 0 Å². The van der Waals surface area contributed by atoms with Crippen molar-refractivity contribution in [3.05, 3.63) is 101 Å². The summed E-state index contributed by atoms with van der Waals surface area (Å²) in [7, 11) is 1.31. The fourth-order valence-electron chi connectivity index (χ4n) is 5.82. The first-order valence-corrected chi connectivity index (χ1v) is 10.4. The van der Waals surface area contributed by atoms with Crippen molar-refractivity contribution in [3.63, 3.8) is 0 Å². The molecule has 0 radical (unpaired) electrons. The fourth-order valence-corrected chi connectivity index (χ4v) is 5.82. The SMILES string of the molecule is COC(=O)c1cccc(N2C(=O)[C@@H]3C4c5ccccc5C(c5ccccc54)[C@@H]3C2=O)c1. The smallest absolute Gasteiger partial charge is 0.337 e. The highest BCUT2D eigenvalue weighted by molar-refractivity contribution is 6.23. The second-order valence-electron chi connectivity index (χ2n) is 8.32. The third-order valence-electron chi connectivity index (χ3n) is 6.97. The first-order chi connectivity index (χ1) is 15.1. The number of hydrogen-bond donors (Lipinski definition) is 0. The molecular formula is C26H19NO4. The average Bonchev–Trinajstić information content (AvgIpc) is 3.09. The second-order valence-corrected chi connectivity index (χ2v) is 8.32. The molecule has 0 spiro atoms. The largest absolute Gasteiger partial charge is 0.465 e. The molecule has 152 valence electrons. The van der Waals surface area contributed by atoms with E-state index in [0.717, 1.165) is 22.3 Å². The molecule has 3 aromatic carbocycles. The van der Waals surface area contributed by atoms with E-state index in [0.29, 0.717) is 11.3 Å². The van der Waals surface area contributed by atoms with Crippen LogP contribution >= 0.6 is 0 Å². The van der Waals surface area contributed by atoms with E-state index < -0.39 is 17.8 Å². The van der Waals surface area contributed by atoms with Crippen LogP contribution < -0.4 is 4.90 Å². The van der Waals surface area contributed by atoms with E-state index in [1.165, 1.54) is 12.0 Å². The summed E-state index contributed by atoms with van der Waals surface area (Å²) in [5.41, 5.74) is 5.28. The van der Waals surface area contributed by atoms with Crippen LogP contribution in [0.15, 0.2) is 72.8 Å². The van der Waals surface area contributed by atoms with Gasteiger partial charge in [-0.2, -0.15) is 0 Å². The van der Waals surface area contributed by atoms with Crippen molar-refractivity contribution in [2.24, 2.45) is 11.8 Å². The number of methoxy groups -OCH3 is 1. The summed E-state index contributed by atoms with van der Waals surface area (Å²) in [5.74, 6) is -2.07. The van der Waals surface area contributed by atoms with E-state index in [4.69, 9.17) is 4.74 Å². The molecule has 7 rings (SSSR count). The van der Waals surface area contributed by atoms with Gasteiger partial charge in [-0.3, -0.25) is 9.59 Å². The van der Waals surface area contributed by atoms with Gasteiger partial charge in [-0.25, -0.2) is 9.69 Å². The molecule has 0 unspecified atom stereocenters.